The molecule has 0 radical (unpaired) electrons. The van der Waals surface area contributed by atoms with E-state index < -0.39 is 47.1 Å². The van der Waals surface area contributed by atoms with Gasteiger partial charge in [0.05, 0.1) is 16.3 Å². The number of benzene rings is 1. The number of nitrogens with one attached hydrogen (secondary N) is 1. The molecule has 0 spiro atoms. The molecule has 0 heterocycles. The third-order valence-electron chi connectivity index (χ3n) is 2.38. The molecule has 1 aromatic carbocycles. The van der Waals surface area contributed by atoms with Crippen LogP contribution in [0.3, 0.4) is 0 Å². The summed E-state index contributed by atoms with van der Waals surface area (Å²) < 4.78 is 70.3. The van der Waals surface area contributed by atoms with Crippen LogP contribution in [0.4, 0.5) is 5.69 Å². The summed E-state index contributed by atoms with van der Waals surface area (Å²) in [6, 6.07) is 3.22. The van der Waals surface area contributed by atoms with Gasteiger partial charge in [0.15, 0.2) is 9.84 Å². The lowest BCUT2D eigenvalue weighted by Gasteiger charge is -2.10. The molecule has 9 nitrogen and oxygen atoms in total. The molecule has 0 fully saturated rings. The van der Waals surface area contributed by atoms with Crippen molar-refractivity contribution < 1.29 is 25.3 Å². The number of sulfone groups is 1. The maximum Gasteiger partial charge on any atom is 0.242 e. The summed E-state index contributed by atoms with van der Waals surface area (Å²) in [5.74, 6) is -0.599. The Balaban J connectivity index is 3.14. The quantitative estimate of drug-likeness (QED) is 0.507. The van der Waals surface area contributed by atoms with Crippen LogP contribution in [0.5, 0.6) is 0 Å². The van der Waals surface area contributed by atoms with E-state index in [0.29, 0.717) is 0 Å². The van der Waals surface area contributed by atoms with Crippen molar-refractivity contribution >= 4 is 35.6 Å². The fourth-order valence-corrected chi connectivity index (χ4v) is 3.80. The van der Waals surface area contributed by atoms with Gasteiger partial charge in [0, 0.05) is 12.8 Å². The van der Waals surface area contributed by atoms with Gasteiger partial charge in [-0.2, -0.15) is 0 Å². The number of primary sulfonamides is 1. The largest absolute Gasteiger partial charge is 0.398 e. The van der Waals surface area contributed by atoms with Gasteiger partial charge in [-0.1, -0.05) is 0 Å². The molecular formula is C9H15N3O6S3. The fraction of sp³-hybridized carbons (Fsp3) is 0.333. The Morgan fingerprint density at radius 2 is 1.67 bits per heavy atom. The van der Waals surface area contributed by atoms with Crippen LogP contribution in [-0.2, 0) is 29.9 Å². The van der Waals surface area contributed by atoms with E-state index >= 15 is 0 Å². The molecule has 0 saturated carbocycles. The molecule has 1 aromatic rings. The second kappa shape index (κ2) is 5.88. The summed E-state index contributed by atoms with van der Waals surface area (Å²) in [5, 5.41) is 4.75. The topological polar surface area (TPSA) is 166 Å². The summed E-state index contributed by atoms with van der Waals surface area (Å²) in [6.45, 7) is -0.455. The molecule has 120 valence electrons. The number of hydrogen-bond acceptors (Lipinski definition) is 7. The van der Waals surface area contributed by atoms with Crippen molar-refractivity contribution in [2.45, 2.75) is 9.79 Å². The zero-order valence-corrected chi connectivity index (χ0v) is 13.4. The maximum atomic E-state index is 12.0. The van der Waals surface area contributed by atoms with Crippen molar-refractivity contribution in [2.75, 3.05) is 24.3 Å². The molecule has 0 unspecified atom stereocenters. The van der Waals surface area contributed by atoms with E-state index in [4.69, 9.17) is 10.9 Å². The molecule has 0 amide bonds. The standard InChI is InChI=1S/C9H15N3O6S3/c1-19(13,14)7-2-3-8(10)9(6-7)21(17,18)12-4-5-20(11,15)16/h2-3,6,12H,4-5,10H2,1H3,(H2,11,15,16). The van der Waals surface area contributed by atoms with Gasteiger partial charge in [0.1, 0.15) is 4.90 Å². The van der Waals surface area contributed by atoms with Crippen LogP contribution >= 0.6 is 0 Å². The highest BCUT2D eigenvalue weighted by Crippen LogP contribution is 2.22. The summed E-state index contributed by atoms with van der Waals surface area (Å²) in [4.78, 5) is -0.664. The molecular weight excluding hydrogens is 342 g/mol. The number of anilines is 1. The van der Waals surface area contributed by atoms with E-state index in [1.165, 1.54) is 6.07 Å². The first-order chi connectivity index (χ1) is 9.33. The van der Waals surface area contributed by atoms with E-state index in [1.807, 2.05) is 4.72 Å². The number of nitrogen functional groups attached to an aromatic ring is 1. The highest BCUT2D eigenvalue weighted by molar-refractivity contribution is 7.91. The molecule has 0 atom stereocenters. The molecule has 0 aliphatic heterocycles. The molecule has 0 aromatic heterocycles. The lowest BCUT2D eigenvalue weighted by Crippen LogP contribution is -2.32. The third kappa shape index (κ3) is 5.24. The third-order valence-corrected chi connectivity index (χ3v) is 5.78. The zero-order chi connectivity index (χ0) is 16.5. The molecule has 1 rings (SSSR count). The molecule has 0 aliphatic carbocycles. The summed E-state index contributed by atoms with van der Waals surface area (Å²) in [6.07, 6.45) is 0.920. The van der Waals surface area contributed by atoms with Gasteiger partial charge < -0.3 is 5.73 Å². The first kappa shape index (κ1) is 17.8. The summed E-state index contributed by atoms with van der Waals surface area (Å²) >= 11 is 0. The van der Waals surface area contributed by atoms with Crippen LogP contribution in [0.1, 0.15) is 0 Å². The Morgan fingerprint density at radius 3 is 2.14 bits per heavy atom. The van der Waals surface area contributed by atoms with Gasteiger partial charge in [-0.15, -0.1) is 0 Å². The number of hydrogen-bond donors (Lipinski definition) is 3. The van der Waals surface area contributed by atoms with E-state index in [1.54, 1.807) is 0 Å². The Hall–Kier alpha value is -1.21. The lowest BCUT2D eigenvalue weighted by atomic mass is 10.3. The van der Waals surface area contributed by atoms with Gasteiger partial charge >= 0.3 is 0 Å². The van der Waals surface area contributed by atoms with Gasteiger partial charge in [-0.05, 0) is 18.2 Å². The molecule has 21 heavy (non-hydrogen) atoms. The smallest absolute Gasteiger partial charge is 0.242 e. The maximum absolute atomic E-state index is 12.0. The van der Waals surface area contributed by atoms with Crippen molar-refractivity contribution in [1.29, 1.82) is 0 Å². The summed E-state index contributed by atoms with van der Waals surface area (Å²) in [5.41, 5.74) is 5.36. The average Bonchev–Trinajstić information content (AvgIpc) is 2.25. The monoisotopic (exact) mass is 357 g/mol. The average molecular weight is 357 g/mol. The van der Waals surface area contributed by atoms with Crippen molar-refractivity contribution in [2.24, 2.45) is 5.14 Å². The minimum atomic E-state index is -4.16. The van der Waals surface area contributed by atoms with Gasteiger partial charge in [0.25, 0.3) is 0 Å². The Kier molecular flexibility index (Phi) is 5.00. The van der Waals surface area contributed by atoms with Crippen molar-refractivity contribution in [3.63, 3.8) is 0 Å². The Morgan fingerprint density at radius 1 is 1.10 bits per heavy atom. The van der Waals surface area contributed by atoms with Crippen molar-refractivity contribution in [1.82, 2.24) is 4.72 Å². The van der Waals surface area contributed by atoms with Crippen LogP contribution in [0.15, 0.2) is 28.0 Å². The number of sulfonamides is 2. The molecule has 0 aliphatic rings. The Bertz CT molecular complexity index is 843. The normalized spacial score (nSPS) is 13.2. The van der Waals surface area contributed by atoms with E-state index in [-0.39, 0.29) is 10.6 Å². The van der Waals surface area contributed by atoms with Crippen LogP contribution in [0.25, 0.3) is 0 Å². The van der Waals surface area contributed by atoms with Gasteiger partial charge in [-0.3, -0.25) is 0 Å². The van der Waals surface area contributed by atoms with Crippen LogP contribution in [-0.4, -0.2) is 43.8 Å². The van der Waals surface area contributed by atoms with Crippen molar-refractivity contribution in [3.8, 4) is 0 Å². The van der Waals surface area contributed by atoms with Crippen LogP contribution in [0, 0.1) is 0 Å². The minimum Gasteiger partial charge on any atom is -0.398 e. The SMILES string of the molecule is CS(=O)(=O)c1ccc(N)c(S(=O)(=O)NCCS(N)(=O)=O)c1. The molecule has 5 N–H and O–H groups in total. The second-order valence-corrected chi connectivity index (χ2v) is 9.72. The first-order valence-electron chi connectivity index (χ1n) is 5.43. The zero-order valence-electron chi connectivity index (χ0n) is 11.0. The molecule has 0 bridgehead atoms. The van der Waals surface area contributed by atoms with Gasteiger partial charge in [0.2, 0.25) is 20.0 Å². The van der Waals surface area contributed by atoms with Gasteiger partial charge in [-0.25, -0.2) is 35.1 Å². The van der Waals surface area contributed by atoms with E-state index in [0.717, 1.165) is 18.4 Å². The minimum absolute atomic E-state index is 0.162. The highest BCUT2D eigenvalue weighted by Gasteiger charge is 2.20. The predicted octanol–water partition coefficient (Wildman–Crippen LogP) is -1.76. The summed E-state index contributed by atoms with van der Waals surface area (Å²) in [7, 11) is -11.6. The lowest BCUT2D eigenvalue weighted by molar-refractivity contribution is 0.581. The molecule has 12 heteroatoms. The highest BCUT2D eigenvalue weighted by atomic mass is 32.2. The van der Waals surface area contributed by atoms with Crippen LogP contribution in [0.2, 0.25) is 0 Å². The molecule has 0 saturated heterocycles. The van der Waals surface area contributed by atoms with E-state index in [9.17, 15) is 25.3 Å². The first-order valence-corrected chi connectivity index (χ1v) is 10.5. The van der Waals surface area contributed by atoms with E-state index in [2.05, 4.69) is 0 Å². The Labute approximate surface area is 123 Å². The van der Waals surface area contributed by atoms with Crippen LogP contribution < -0.4 is 15.6 Å². The number of nitrogens with two attached hydrogens (primary N) is 2. The fourth-order valence-electron chi connectivity index (χ4n) is 1.37. The predicted molar refractivity (Wildman–Crippen MR) is 77.1 cm³/mol. The van der Waals surface area contributed by atoms with Crippen molar-refractivity contribution in [3.05, 3.63) is 18.2 Å². The number of rotatable bonds is 6. The second-order valence-electron chi connectivity index (χ2n) is 4.24.